The Morgan fingerprint density at radius 1 is 0.786 bits per heavy atom. The van der Waals surface area contributed by atoms with Crippen LogP contribution in [0.2, 0.25) is 0 Å². The molecule has 142 valence electrons. The van der Waals surface area contributed by atoms with Crippen molar-refractivity contribution in [2.24, 2.45) is 0 Å². The molecule has 5 heteroatoms. The second kappa shape index (κ2) is 8.39. The Hall–Kier alpha value is -3.60. The minimum atomic E-state index is -0.297. The summed E-state index contributed by atoms with van der Waals surface area (Å²) in [7, 11) is 1.57. The van der Waals surface area contributed by atoms with Crippen LogP contribution in [-0.4, -0.2) is 18.9 Å². The lowest BCUT2D eigenvalue weighted by molar-refractivity contribution is 0.102. The molecule has 3 aromatic rings. The summed E-state index contributed by atoms with van der Waals surface area (Å²) in [6.07, 6.45) is 0. The lowest BCUT2D eigenvalue weighted by atomic mass is 10.1. The van der Waals surface area contributed by atoms with Gasteiger partial charge in [-0.25, -0.2) is 0 Å². The summed E-state index contributed by atoms with van der Waals surface area (Å²) in [5, 5.41) is 5.70. The summed E-state index contributed by atoms with van der Waals surface area (Å²) in [6.45, 7) is 4.01. The van der Waals surface area contributed by atoms with E-state index < -0.39 is 0 Å². The van der Waals surface area contributed by atoms with Gasteiger partial charge in [0.2, 0.25) is 0 Å². The number of anilines is 2. The Kier molecular flexibility index (Phi) is 5.75. The van der Waals surface area contributed by atoms with Crippen LogP contribution in [-0.2, 0) is 0 Å². The molecule has 3 rings (SSSR count). The van der Waals surface area contributed by atoms with Gasteiger partial charge in [-0.1, -0.05) is 18.2 Å². The van der Waals surface area contributed by atoms with Crippen molar-refractivity contribution in [3.63, 3.8) is 0 Å². The van der Waals surface area contributed by atoms with Crippen molar-refractivity contribution in [3.8, 4) is 5.75 Å². The van der Waals surface area contributed by atoms with E-state index in [4.69, 9.17) is 4.74 Å². The highest BCUT2D eigenvalue weighted by molar-refractivity contribution is 6.12. The van der Waals surface area contributed by atoms with Gasteiger partial charge in [0, 0.05) is 11.3 Å². The second-order valence-corrected chi connectivity index (χ2v) is 6.48. The molecule has 0 spiro atoms. The van der Waals surface area contributed by atoms with E-state index in [1.807, 2.05) is 32.0 Å². The minimum absolute atomic E-state index is 0.283. The summed E-state index contributed by atoms with van der Waals surface area (Å²) in [6, 6.07) is 19.4. The zero-order valence-corrected chi connectivity index (χ0v) is 16.1. The van der Waals surface area contributed by atoms with Crippen molar-refractivity contribution in [1.82, 2.24) is 0 Å². The first-order chi connectivity index (χ1) is 13.5. The van der Waals surface area contributed by atoms with Crippen molar-refractivity contribution in [2.45, 2.75) is 13.8 Å². The zero-order valence-electron chi connectivity index (χ0n) is 16.1. The first kappa shape index (κ1) is 19.2. The molecule has 0 unspecified atom stereocenters. The summed E-state index contributed by atoms with van der Waals surface area (Å²) < 4.78 is 5.11. The van der Waals surface area contributed by atoms with Crippen molar-refractivity contribution in [2.75, 3.05) is 17.7 Å². The number of carbonyl (C=O) groups excluding carboxylic acids is 2. The number of hydrogen-bond acceptors (Lipinski definition) is 3. The number of carbonyl (C=O) groups is 2. The number of ether oxygens (including phenoxy) is 1. The average Bonchev–Trinajstić information content (AvgIpc) is 2.71. The van der Waals surface area contributed by atoms with Gasteiger partial charge < -0.3 is 15.4 Å². The van der Waals surface area contributed by atoms with Gasteiger partial charge >= 0.3 is 0 Å². The molecule has 2 N–H and O–H groups in total. The fourth-order valence-electron chi connectivity index (χ4n) is 2.74. The van der Waals surface area contributed by atoms with Crippen LogP contribution in [0.1, 0.15) is 31.8 Å². The van der Waals surface area contributed by atoms with E-state index in [-0.39, 0.29) is 11.8 Å². The molecule has 0 aromatic heterocycles. The monoisotopic (exact) mass is 374 g/mol. The maximum Gasteiger partial charge on any atom is 0.257 e. The van der Waals surface area contributed by atoms with Crippen LogP contribution < -0.4 is 15.4 Å². The topological polar surface area (TPSA) is 67.4 Å². The highest BCUT2D eigenvalue weighted by Gasteiger charge is 2.14. The molecule has 0 heterocycles. The number of nitrogens with one attached hydrogen (secondary N) is 2. The van der Waals surface area contributed by atoms with E-state index in [0.29, 0.717) is 28.3 Å². The lowest BCUT2D eigenvalue weighted by Gasteiger charge is -2.12. The smallest absolute Gasteiger partial charge is 0.257 e. The summed E-state index contributed by atoms with van der Waals surface area (Å²) in [4.78, 5) is 25.3. The van der Waals surface area contributed by atoms with Crippen molar-refractivity contribution in [3.05, 3.63) is 89.0 Å². The summed E-state index contributed by atoms with van der Waals surface area (Å²) in [5.41, 5.74) is 4.28. The SMILES string of the molecule is COc1ccc(C(=O)Nc2ccccc2C(=O)Nc2ccc(C)c(C)c2)cc1. The van der Waals surface area contributed by atoms with Gasteiger partial charge in [-0.05, 0) is 73.5 Å². The third-order valence-corrected chi connectivity index (χ3v) is 4.54. The molecule has 28 heavy (non-hydrogen) atoms. The van der Waals surface area contributed by atoms with E-state index in [0.717, 1.165) is 11.1 Å². The normalized spacial score (nSPS) is 10.2. The summed E-state index contributed by atoms with van der Waals surface area (Å²) in [5.74, 6) is 0.0905. The number of benzene rings is 3. The first-order valence-electron chi connectivity index (χ1n) is 8.91. The Morgan fingerprint density at radius 3 is 2.18 bits per heavy atom. The predicted octanol–water partition coefficient (Wildman–Crippen LogP) is 4.82. The van der Waals surface area contributed by atoms with E-state index in [1.165, 1.54) is 0 Å². The van der Waals surface area contributed by atoms with Crippen LogP contribution in [0.15, 0.2) is 66.7 Å². The Morgan fingerprint density at radius 2 is 1.50 bits per heavy atom. The number of para-hydroxylation sites is 1. The zero-order chi connectivity index (χ0) is 20.1. The molecule has 3 aromatic carbocycles. The van der Waals surface area contributed by atoms with Gasteiger partial charge in [0.1, 0.15) is 5.75 Å². The second-order valence-electron chi connectivity index (χ2n) is 6.48. The molecule has 0 saturated heterocycles. The number of hydrogen-bond donors (Lipinski definition) is 2. The lowest BCUT2D eigenvalue weighted by Crippen LogP contribution is -2.18. The third kappa shape index (κ3) is 4.38. The van der Waals surface area contributed by atoms with Gasteiger partial charge in [0.15, 0.2) is 0 Å². The predicted molar refractivity (Wildman–Crippen MR) is 111 cm³/mol. The largest absolute Gasteiger partial charge is 0.497 e. The molecule has 0 radical (unpaired) electrons. The molecular formula is C23H22N2O3. The van der Waals surface area contributed by atoms with Gasteiger partial charge in [-0.2, -0.15) is 0 Å². The van der Waals surface area contributed by atoms with Gasteiger partial charge in [0.05, 0.1) is 18.4 Å². The average molecular weight is 374 g/mol. The Labute approximate surface area is 164 Å². The molecule has 5 nitrogen and oxygen atoms in total. The molecule has 0 saturated carbocycles. The maximum absolute atomic E-state index is 12.8. The van der Waals surface area contributed by atoms with Gasteiger partial charge in [-0.3, -0.25) is 9.59 Å². The van der Waals surface area contributed by atoms with Crippen LogP contribution >= 0.6 is 0 Å². The van der Waals surface area contributed by atoms with Crippen molar-refractivity contribution >= 4 is 23.2 Å². The van der Waals surface area contributed by atoms with E-state index in [1.54, 1.807) is 55.6 Å². The van der Waals surface area contributed by atoms with E-state index in [9.17, 15) is 9.59 Å². The standard InChI is InChI=1S/C23H22N2O3/c1-15-8-11-18(14-16(15)2)24-23(27)20-6-4-5-7-21(20)25-22(26)17-9-12-19(28-3)13-10-17/h4-14H,1-3H3,(H,24,27)(H,25,26). The molecule has 0 aliphatic carbocycles. The number of amides is 2. The van der Waals surface area contributed by atoms with Crippen LogP contribution in [0, 0.1) is 13.8 Å². The van der Waals surface area contributed by atoms with Crippen LogP contribution in [0.25, 0.3) is 0 Å². The molecule has 0 atom stereocenters. The molecule has 0 fully saturated rings. The first-order valence-corrected chi connectivity index (χ1v) is 8.91. The molecular weight excluding hydrogens is 352 g/mol. The molecule has 2 amide bonds. The maximum atomic E-state index is 12.8. The van der Waals surface area contributed by atoms with Crippen LogP contribution in [0.4, 0.5) is 11.4 Å². The van der Waals surface area contributed by atoms with Crippen molar-refractivity contribution in [1.29, 1.82) is 0 Å². The Bertz CT molecular complexity index is 1010. The fourth-order valence-corrected chi connectivity index (χ4v) is 2.74. The van der Waals surface area contributed by atoms with Crippen LogP contribution in [0.5, 0.6) is 5.75 Å². The fraction of sp³-hybridized carbons (Fsp3) is 0.130. The number of rotatable bonds is 5. The molecule has 0 aliphatic rings. The highest BCUT2D eigenvalue weighted by Crippen LogP contribution is 2.20. The molecule has 0 bridgehead atoms. The van der Waals surface area contributed by atoms with Gasteiger partial charge in [-0.15, -0.1) is 0 Å². The Balaban J connectivity index is 1.78. The van der Waals surface area contributed by atoms with Crippen molar-refractivity contribution < 1.29 is 14.3 Å². The number of methoxy groups -OCH3 is 1. The molecule has 0 aliphatic heterocycles. The van der Waals surface area contributed by atoms with Crippen LogP contribution in [0.3, 0.4) is 0 Å². The summed E-state index contributed by atoms with van der Waals surface area (Å²) >= 11 is 0. The van der Waals surface area contributed by atoms with E-state index >= 15 is 0 Å². The minimum Gasteiger partial charge on any atom is -0.497 e. The van der Waals surface area contributed by atoms with Gasteiger partial charge in [0.25, 0.3) is 11.8 Å². The third-order valence-electron chi connectivity index (χ3n) is 4.54. The van der Waals surface area contributed by atoms with E-state index in [2.05, 4.69) is 10.6 Å². The number of aryl methyl sites for hydroxylation is 2. The quantitative estimate of drug-likeness (QED) is 0.673. The highest BCUT2D eigenvalue weighted by atomic mass is 16.5.